The first kappa shape index (κ1) is 16.7. The van der Waals surface area contributed by atoms with Gasteiger partial charge in [0.2, 0.25) is 10.9 Å². The fraction of sp³-hybridized carbons (Fsp3) is 0.125. The molecule has 2 aromatic carbocycles. The molecular weight excluding hydrogens is 320 g/mol. The molecule has 0 aromatic heterocycles. The number of hydrogen-bond donors (Lipinski definition) is 2. The zero-order valence-electron chi connectivity index (χ0n) is 11.9. The summed E-state index contributed by atoms with van der Waals surface area (Å²) in [5, 5.41) is 18.5. The Morgan fingerprint density at radius 2 is 1.09 bits per heavy atom. The lowest BCUT2D eigenvalue weighted by atomic mass is 10.3. The summed E-state index contributed by atoms with van der Waals surface area (Å²) in [5.41, 5.74) is -2.83. The van der Waals surface area contributed by atoms with Crippen LogP contribution in [-0.2, 0) is 9.59 Å². The van der Waals surface area contributed by atoms with Gasteiger partial charge in [0, 0.05) is 0 Å². The first-order chi connectivity index (χ1) is 11.1. The van der Waals surface area contributed by atoms with Crippen molar-refractivity contribution in [2.45, 2.75) is 10.9 Å². The van der Waals surface area contributed by atoms with Crippen molar-refractivity contribution in [1.82, 2.24) is 0 Å². The summed E-state index contributed by atoms with van der Waals surface area (Å²) < 4.78 is 10.6. The smallest absolute Gasteiger partial charge is 0.355 e. The van der Waals surface area contributed by atoms with Crippen LogP contribution in [0.15, 0.2) is 60.7 Å². The van der Waals surface area contributed by atoms with Crippen molar-refractivity contribution < 1.29 is 29.3 Å². The minimum Gasteiger partial charge on any atom is -0.478 e. The van der Waals surface area contributed by atoms with E-state index in [1.807, 2.05) is 0 Å². The molecule has 0 aliphatic heterocycles. The van der Waals surface area contributed by atoms with Crippen molar-refractivity contribution in [2.24, 2.45) is 0 Å². The van der Waals surface area contributed by atoms with Gasteiger partial charge in [-0.1, -0.05) is 48.2 Å². The summed E-state index contributed by atoms with van der Waals surface area (Å²) in [5.74, 6) is -1.92. The Labute approximate surface area is 136 Å². The Hall–Kier alpha value is -2.67. The second-order valence-electron chi connectivity index (χ2n) is 4.34. The Kier molecular flexibility index (Phi) is 5.87. The van der Waals surface area contributed by atoms with Gasteiger partial charge in [0.15, 0.2) is 0 Å². The van der Waals surface area contributed by atoms with Gasteiger partial charge in [-0.15, -0.1) is 0 Å². The summed E-state index contributed by atoms with van der Waals surface area (Å²) in [6.45, 7) is 0. The standard InChI is InChI=1S/C16H14O6S/c17-13(18)15(21-11-7-3-1-4-8-11)23-16(14(19)20)22-12-9-5-2-6-10-12/h1-10,15-16H,(H,17,18)(H,19,20). The summed E-state index contributed by atoms with van der Waals surface area (Å²) in [6.07, 6.45) is 0. The van der Waals surface area contributed by atoms with Gasteiger partial charge >= 0.3 is 11.9 Å². The molecule has 2 rings (SSSR count). The van der Waals surface area contributed by atoms with Gasteiger partial charge in [0.05, 0.1) is 0 Å². The van der Waals surface area contributed by atoms with Crippen LogP contribution in [0.4, 0.5) is 0 Å². The maximum Gasteiger partial charge on any atom is 0.355 e. The van der Waals surface area contributed by atoms with Crippen molar-refractivity contribution in [3.8, 4) is 11.5 Å². The molecule has 0 saturated heterocycles. The van der Waals surface area contributed by atoms with Gasteiger partial charge in [-0.25, -0.2) is 9.59 Å². The van der Waals surface area contributed by atoms with Gasteiger partial charge in [0.25, 0.3) is 0 Å². The zero-order valence-corrected chi connectivity index (χ0v) is 12.7. The second-order valence-corrected chi connectivity index (χ2v) is 5.47. The SMILES string of the molecule is O=C(O)C(Oc1ccccc1)SC(Oc1ccccc1)C(=O)O. The molecule has 2 aromatic rings. The van der Waals surface area contributed by atoms with Crippen LogP contribution in [0.2, 0.25) is 0 Å². The van der Waals surface area contributed by atoms with Crippen molar-refractivity contribution in [3.05, 3.63) is 60.7 Å². The lowest BCUT2D eigenvalue weighted by molar-refractivity contribution is -0.141. The summed E-state index contributed by atoms with van der Waals surface area (Å²) in [7, 11) is 0. The molecule has 7 heteroatoms. The molecule has 120 valence electrons. The number of ether oxygens (including phenoxy) is 2. The highest BCUT2D eigenvalue weighted by molar-refractivity contribution is 8.01. The zero-order chi connectivity index (χ0) is 16.7. The molecule has 0 fully saturated rings. The number of aliphatic carboxylic acids is 2. The van der Waals surface area contributed by atoms with E-state index < -0.39 is 22.8 Å². The number of rotatable bonds is 8. The Balaban J connectivity index is 2.08. The van der Waals surface area contributed by atoms with Crippen LogP contribution >= 0.6 is 11.8 Å². The van der Waals surface area contributed by atoms with E-state index in [9.17, 15) is 19.8 Å². The Morgan fingerprint density at radius 3 is 1.39 bits per heavy atom. The van der Waals surface area contributed by atoms with Crippen molar-refractivity contribution >= 4 is 23.7 Å². The Morgan fingerprint density at radius 1 is 0.739 bits per heavy atom. The van der Waals surface area contributed by atoms with Gasteiger partial charge in [-0.2, -0.15) is 0 Å². The summed E-state index contributed by atoms with van der Waals surface area (Å²) in [6, 6.07) is 16.6. The minimum atomic E-state index is -1.41. The number of carbonyl (C=O) groups is 2. The minimum absolute atomic E-state index is 0.330. The van der Waals surface area contributed by atoms with Crippen LogP contribution in [0.1, 0.15) is 0 Å². The highest BCUT2D eigenvalue weighted by atomic mass is 32.2. The van der Waals surface area contributed by atoms with E-state index in [0.717, 1.165) is 0 Å². The maximum absolute atomic E-state index is 11.3. The number of carboxylic acid groups (broad SMARTS) is 2. The molecule has 0 heterocycles. The van der Waals surface area contributed by atoms with E-state index in [0.29, 0.717) is 23.3 Å². The van der Waals surface area contributed by atoms with E-state index >= 15 is 0 Å². The lowest BCUT2D eigenvalue weighted by Gasteiger charge is -2.19. The molecule has 0 bridgehead atoms. The van der Waals surface area contributed by atoms with Crippen LogP contribution < -0.4 is 9.47 Å². The quantitative estimate of drug-likeness (QED) is 0.717. The van der Waals surface area contributed by atoms with Crippen molar-refractivity contribution in [2.75, 3.05) is 0 Å². The molecule has 0 amide bonds. The normalized spacial score (nSPS) is 12.9. The average molecular weight is 334 g/mol. The van der Waals surface area contributed by atoms with Gasteiger partial charge in [-0.05, 0) is 24.3 Å². The highest BCUT2D eigenvalue weighted by Gasteiger charge is 2.31. The van der Waals surface area contributed by atoms with Crippen LogP contribution in [0.5, 0.6) is 11.5 Å². The molecule has 0 spiro atoms. The van der Waals surface area contributed by atoms with E-state index in [-0.39, 0.29) is 0 Å². The fourth-order valence-electron chi connectivity index (χ4n) is 1.63. The molecular formula is C16H14O6S. The summed E-state index contributed by atoms with van der Waals surface area (Å²) in [4.78, 5) is 22.6. The third kappa shape index (κ3) is 5.23. The number of hydrogen-bond acceptors (Lipinski definition) is 5. The Bertz CT molecular complexity index is 589. The number of carboxylic acids is 2. The van der Waals surface area contributed by atoms with Crippen molar-refractivity contribution in [1.29, 1.82) is 0 Å². The van der Waals surface area contributed by atoms with Crippen LogP contribution in [-0.4, -0.2) is 33.0 Å². The first-order valence-electron chi connectivity index (χ1n) is 6.61. The molecule has 0 aliphatic rings. The molecule has 0 aliphatic carbocycles. The molecule has 2 unspecified atom stereocenters. The lowest BCUT2D eigenvalue weighted by Crippen LogP contribution is -2.32. The van der Waals surface area contributed by atoms with E-state index in [4.69, 9.17) is 9.47 Å². The molecule has 6 nitrogen and oxygen atoms in total. The summed E-state index contributed by atoms with van der Waals surface area (Å²) >= 11 is 0.552. The fourth-order valence-corrected chi connectivity index (χ4v) is 2.42. The van der Waals surface area contributed by atoms with Gasteiger partial charge in [-0.3, -0.25) is 0 Å². The maximum atomic E-state index is 11.3. The monoisotopic (exact) mass is 334 g/mol. The number of benzene rings is 2. The molecule has 2 N–H and O–H groups in total. The molecule has 23 heavy (non-hydrogen) atoms. The average Bonchev–Trinajstić information content (AvgIpc) is 2.55. The number of thioether (sulfide) groups is 1. The molecule has 0 radical (unpaired) electrons. The largest absolute Gasteiger partial charge is 0.478 e. The third-order valence-electron chi connectivity index (χ3n) is 2.62. The van der Waals surface area contributed by atoms with Crippen LogP contribution in [0, 0.1) is 0 Å². The van der Waals surface area contributed by atoms with Crippen LogP contribution in [0.3, 0.4) is 0 Å². The second kappa shape index (κ2) is 8.09. The van der Waals surface area contributed by atoms with E-state index in [1.165, 1.54) is 0 Å². The molecule has 0 saturated carbocycles. The van der Waals surface area contributed by atoms with E-state index in [1.54, 1.807) is 60.7 Å². The van der Waals surface area contributed by atoms with Crippen LogP contribution in [0.25, 0.3) is 0 Å². The molecule has 2 atom stereocenters. The first-order valence-corrected chi connectivity index (χ1v) is 7.55. The third-order valence-corrected chi connectivity index (χ3v) is 3.71. The predicted molar refractivity (Wildman–Crippen MR) is 84.6 cm³/mol. The number of para-hydroxylation sites is 2. The topological polar surface area (TPSA) is 93.1 Å². The van der Waals surface area contributed by atoms with Crippen molar-refractivity contribution in [3.63, 3.8) is 0 Å². The predicted octanol–water partition coefficient (Wildman–Crippen LogP) is 2.70. The highest BCUT2D eigenvalue weighted by Crippen LogP contribution is 2.25. The van der Waals surface area contributed by atoms with Gasteiger partial charge < -0.3 is 19.7 Å². The van der Waals surface area contributed by atoms with Gasteiger partial charge in [0.1, 0.15) is 11.5 Å². The van der Waals surface area contributed by atoms with E-state index in [2.05, 4.69) is 0 Å².